The van der Waals surface area contributed by atoms with Crippen molar-refractivity contribution < 1.29 is 14.6 Å². The molecule has 1 saturated heterocycles. The Morgan fingerprint density at radius 2 is 1.40 bits per heavy atom. The predicted molar refractivity (Wildman–Crippen MR) is 99.6 cm³/mol. The number of nitrogens with zero attached hydrogens (tertiary/aromatic N) is 1. The lowest BCUT2D eigenvalue weighted by molar-refractivity contribution is -1.000. The van der Waals surface area contributed by atoms with Gasteiger partial charge in [-0.2, -0.15) is 0 Å². The molecular weight excluding hydrogens is 310 g/mol. The van der Waals surface area contributed by atoms with E-state index < -0.39 is 0 Å². The first kappa shape index (κ1) is 16.3. The van der Waals surface area contributed by atoms with Crippen molar-refractivity contribution in [2.45, 2.75) is 12.8 Å². The first-order valence-electron chi connectivity index (χ1n) is 9.36. The number of carbonyl (C=O) groups excluding carboxylic acids is 1. The molecule has 0 saturated carbocycles. The molecule has 25 heavy (non-hydrogen) atoms. The van der Waals surface area contributed by atoms with Crippen molar-refractivity contribution in [3.63, 3.8) is 0 Å². The number of carbonyl (C=O) groups is 1. The molecule has 2 aliphatic rings. The fourth-order valence-electron chi connectivity index (χ4n) is 4.05. The summed E-state index contributed by atoms with van der Waals surface area (Å²) in [7, 11) is 2.24. The molecule has 2 aromatic carbocycles. The second kappa shape index (κ2) is 6.98. The fourth-order valence-corrected chi connectivity index (χ4v) is 4.05. The predicted octanol–water partition coefficient (Wildman–Crippen LogP) is -0.137. The lowest BCUT2D eigenvalue weighted by Gasteiger charge is -2.30. The number of benzene rings is 2. The van der Waals surface area contributed by atoms with E-state index in [9.17, 15) is 4.79 Å². The minimum absolute atomic E-state index is 0.219. The van der Waals surface area contributed by atoms with Crippen LogP contribution in [0, 0.1) is 0 Å². The Balaban J connectivity index is 1.66. The third-order valence-electron chi connectivity index (χ3n) is 5.59. The van der Waals surface area contributed by atoms with Crippen molar-refractivity contribution in [2.24, 2.45) is 0 Å². The van der Waals surface area contributed by atoms with Gasteiger partial charge in [0.1, 0.15) is 26.2 Å². The van der Waals surface area contributed by atoms with Gasteiger partial charge in [0.15, 0.2) is 6.54 Å². The zero-order valence-electron chi connectivity index (χ0n) is 14.9. The van der Waals surface area contributed by atoms with Gasteiger partial charge in [-0.05, 0) is 36.1 Å². The Bertz CT molecular complexity index is 718. The van der Waals surface area contributed by atoms with E-state index in [0.717, 1.165) is 50.4 Å². The lowest BCUT2D eigenvalue weighted by atomic mass is 10.0. The molecule has 130 valence electrons. The average molecular weight is 337 g/mol. The van der Waals surface area contributed by atoms with Crippen molar-refractivity contribution in [1.82, 2.24) is 0 Å². The van der Waals surface area contributed by atoms with Crippen LogP contribution in [0.4, 0.5) is 11.4 Å². The molecule has 4 rings (SSSR count). The Morgan fingerprint density at radius 3 is 1.96 bits per heavy atom. The topological polar surface area (TPSA) is 29.2 Å². The molecule has 0 unspecified atom stereocenters. The number of hydrogen-bond acceptors (Lipinski definition) is 1. The van der Waals surface area contributed by atoms with Gasteiger partial charge in [0.05, 0.1) is 18.4 Å². The van der Waals surface area contributed by atoms with Crippen LogP contribution in [0.1, 0.15) is 11.1 Å². The van der Waals surface area contributed by atoms with Crippen molar-refractivity contribution >= 4 is 17.3 Å². The van der Waals surface area contributed by atoms with Gasteiger partial charge in [0.25, 0.3) is 5.91 Å². The summed E-state index contributed by atoms with van der Waals surface area (Å²) < 4.78 is 0. The molecule has 1 amide bonds. The highest BCUT2D eigenvalue weighted by Gasteiger charge is 2.30. The summed E-state index contributed by atoms with van der Waals surface area (Å²) in [4.78, 5) is 18.3. The molecule has 4 heteroatoms. The highest BCUT2D eigenvalue weighted by molar-refractivity contribution is 6.02. The number of piperazine rings is 1. The summed E-state index contributed by atoms with van der Waals surface area (Å²) in [6, 6.07) is 16.7. The number of para-hydroxylation sites is 2. The normalized spacial score (nSPS) is 22.7. The van der Waals surface area contributed by atoms with Crippen molar-refractivity contribution in [3.8, 4) is 0 Å². The Kier molecular flexibility index (Phi) is 4.55. The number of hydrogen-bond donors (Lipinski definition) is 2. The number of rotatable bonds is 2. The molecule has 2 aromatic rings. The van der Waals surface area contributed by atoms with Crippen LogP contribution >= 0.6 is 0 Å². The summed E-state index contributed by atoms with van der Waals surface area (Å²) in [5, 5.41) is 0. The molecule has 4 nitrogen and oxygen atoms in total. The Labute approximate surface area is 149 Å². The molecule has 0 bridgehead atoms. The van der Waals surface area contributed by atoms with E-state index in [0.29, 0.717) is 6.54 Å². The van der Waals surface area contributed by atoms with Crippen molar-refractivity contribution in [2.75, 3.05) is 44.7 Å². The van der Waals surface area contributed by atoms with E-state index in [2.05, 4.69) is 43.4 Å². The van der Waals surface area contributed by atoms with Crippen LogP contribution in [0.15, 0.2) is 48.5 Å². The minimum Gasteiger partial charge on any atom is -0.328 e. The summed E-state index contributed by atoms with van der Waals surface area (Å²) in [5.41, 5.74) is 4.67. The molecule has 0 atom stereocenters. The van der Waals surface area contributed by atoms with Crippen molar-refractivity contribution in [1.29, 1.82) is 0 Å². The number of nitrogens with one attached hydrogen (secondary N) is 2. The highest BCUT2D eigenvalue weighted by Crippen LogP contribution is 2.35. The number of quaternary nitrogens is 2. The molecular formula is C21H27N3O+2. The van der Waals surface area contributed by atoms with Gasteiger partial charge in [-0.3, -0.25) is 9.69 Å². The molecule has 0 spiro atoms. The largest absolute Gasteiger partial charge is 0.328 e. The van der Waals surface area contributed by atoms with Gasteiger partial charge in [-0.15, -0.1) is 0 Å². The molecule has 0 aromatic heterocycles. The third-order valence-corrected chi connectivity index (χ3v) is 5.59. The van der Waals surface area contributed by atoms with E-state index in [4.69, 9.17) is 0 Å². The van der Waals surface area contributed by atoms with Crippen LogP contribution in [0.5, 0.6) is 0 Å². The van der Waals surface area contributed by atoms with E-state index in [1.807, 2.05) is 17.0 Å². The average Bonchev–Trinajstić information content (AvgIpc) is 2.80. The van der Waals surface area contributed by atoms with Crippen LogP contribution in [0.3, 0.4) is 0 Å². The second-order valence-electron chi connectivity index (χ2n) is 7.37. The molecule has 0 aliphatic carbocycles. The molecule has 0 radical (unpaired) electrons. The smallest absolute Gasteiger partial charge is 0.286 e. The summed E-state index contributed by atoms with van der Waals surface area (Å²) in [6.07, 6.45) is 1.98. The van der Waals surface area contributed by atoms with Gasteiger partial charge in [0.2, 0.25) is 0 Å². The molecule has 2 aliphatic heterocycles. The second-order valence-corrected chi connectivity index (χ2v) is 7.37. The molecule has 2 N–H and O–H groups in total. The monoisotopic (exact) mass is 337 g/mol. The summed E-state index contributed by atoms with van der Waals surface area (Å²) >= 11 is 0. The van der Waals surface area contributed by atoms with Crippen LogP contribution in [-0.4, -0.2) is 45.7 Å². The lowest BCUT2D eigenvalue weighted by Crippen LogP contribution is -3.27. The summed E-state index contributed by atoms with van der Waals surface area (Å²) in [5.74, 6) is 0.219. The van der Waals surface area contributed by atoms with Crippen LogP contribution in [0.25, 0.3) is 0 Å². The summed E-state index contributed by atoms with van der Waals surface area (Å²) in [6.45, 7) is 5.03. The van der Waals surface area contributed by atoms with Gasteiger partial charge in [-0.1, -0.05) is 36.4 Å². The van der Waals surface area contributed by atoms with Crippen LogP contribution in [0.2, 0.25) is 0 Å². The number of aryl methyl sites for hydroxylation is 2. The fraction of sp³-hybridized carbons (Fsp3) is 0.381. The van der Waals surface area contributed by atoms with Gasteiger partial charge in [0, 0.05) is 0 Å². The minimum atomic E-state index is 0.219. The van der Waals surface area contributed by atoms with E-state index in [1.165, 1.54) is 16.0 Å². The quantitative estimate of drug-likeness (QED) is 0.785. The molecule has 2 heterocycles. The zero-order chi connectivity index (χ0) is 17.2. The number of anilines is 2. The Morgan fingerprint density at radius 1 is 0.880 bits per heavy atom. The zero-order valence-corrected chi connectivity index (χ0v) is 14.9. The van der Waals surface area contributed by atoms with E-state index in [-0.39, 0.29) is 5.91 Å². The van der Waals surface area contributed by atoms with Crippen LogP contribution < -0.4 is 14.7 Å². The Hall–Kier alpha value is -2.17. The van der Waals surface area contributed by atoms with Gasteiger partial charge < -0.3 is 9.80 Å². The van der Waals surface area contributed by atoms with Crippen molar-refractivity contribution in [3.05, 3.63) is 59.7 Å². The van der Waals surface area contributed by atoms with E-state index >= 15 is 0 Å². The standard InChI is InChI=1S/C21H25N3O/c1-22-12-14-23(15-13-22)16-21(25)24-19-8-4-2-6-17(19)10-11-18-7-3-5-9-20(18)24/h2-9H,10-16H2,1H3/p+2. The first-order valence-corrected chi connectivity index (χ1v) is 9.36. The number of fused-ring (bicyclic) bond motifs is 2. The van der Waals surface area contributed by atoms with E-state index in [1.54, 1.807) is 4.90 Å². The number of likely N-dealkylation sites (N-methyl/N-ethyl adjacent to an activating group) is 1. The van der Waals surface area contributed by atoms with Gasteiger partial charge >= 0.3 is 0 Å². The molecule has 1 fully saturated rings. The maximum absolute atomic E-state index is 13.3. The first-order chi connectivity index (χ1) is 12.2. The maximum atomic E-state index is 13.3. The maximum Gasteiger partial charge on any atom is 0.286 e. The van der Waals surface area contributed by atoms with Crippen LogP contribution in [-0.2, 0) is 17.6 Å². The highest BCUT2D eigenvalue weighted by atomic mass is 16.2. The SMILES string of the molecule is C[NH+]1CC[NH+](CC(=O)N2c3ccccc3CCc3ccccc32)CC1. The third kappa shape index (κ3) is 3.32. The number of amides is 1. The van der Waals surface area contributed by atoms with Gasteiger partial charge in [-0.25, -0.2) is 0 Å².